The van der Waals surface area contributed by atoms with Gasteiger partial charge in [-0.05, 0) is 37.9 Å². The highest BCUT2D eigenvalue weighted by molar-refractivity contribution is 5.88. The van der Waals surface area contributed by atoms with Gasteiger partial charge < -0.3 is 15.0 Å². The number of nitrogens with zero attached hydrogens (tertiary/aromatic N) is 2. The first-order valence-corrected chi connectivity index (χ1v) is 10.5. The SMILES string of the molecule is CCN1CCN(C2(C(=O)NCCCOC(C)C)Cc3ccccc3C2)CC1. The molecule has 5 heteroatoms. The predicted octanol–water partition coefficient (Wildman–Crippen LogP) is 2.09. The van der Waals surface area contributed by atoms with E-state index in [9.17, 15) is 4.79 Å². The molecule has 1 aromatic rings. The van der Waals surface area contributed by atoms with Crippen LogP contribution in [-0.2, 0) is 22.4 Å². The van der Waals surface area contributed by atoms with Crippen LogP contribution in [0.1, 0.15) is 38.3 Å². The molecule has 27 heavy (non-hydrogen) atoms. The maximum atomic E-state index is 13.4. The van der Waals surface area contributed by atoms with Crippen LogP contribution in [0.4, 0.5) is 0 Å². The van der Waals surface area contributed by atoms with Crippen LogP contribution in [0.5, 0.6) is 0 Å². The summed E-state index contributed by atoms with van der Waals surface area (Å²) in [7, 11) is 0. The molecule has 1 aliphatic heterocycles. The van der Waals surface area contributed by atoms with Gasteiger partial charge in [0.25, 0.3) is 0 Å². The second kappa shape index (κ2) is 9.18. The molecule has 1 N–H and O–H groups in total. The van der Waals surface area contributed by atoms with E-state index < -0.39 is 5.54 Å². The second-order valence-electron chi connectivity index (χ2n) is 8.10. The Morgan fingerprint density at radius 1 is 1.15 bits per heavy atom. The Labute approximate surface area is 164 Å². The van der Waals surface area contributed by atoms with Gasteiger partial charge in [0.1, 0.15) is 5.54 Å². The molecule has 1 fully saturated rings. The summed E-state index contributed by atoms with van der Waals surface area (Å²) in [5, 5.41) is 3.22. The molecular formula is C22H35N3O2. The van der Waals surface area contributed by atoms with Crippen LogP contribution in [-0.4, -0.2) is 73.2 Å². The first kappa shape index (κ1) is 20.3. The Bertz CT molecular complexity index is 599. The van der Waals surface area contributed by atoms with Gasteiger partial charge in [-0.25, -0.2) is 0 Å². The number of benzene rings is 1. The summed E-state index contributed by atoms with van der Waals surface area (Å²) in [5.41, 5.74) is 2.23. The van der Waals surface area contributed by atoms with Crippen LogP contribution in [0, 0.1) is 0 Å². The van der Waals surface area contributed by atoms with Crippen molar-refractivity contribution in [1.82, 2.24) is 15.1 Å². The van der Waals surface area contributed by atoms with Crippen molar-refractivity contribution >= 4 is 5.91 Å². The zero-order valence-corrected chi connectivity index (χ0v) is 17.2. The molecule has 1 heterocycles. The maximum Gasteiger partial charge on any atom is 0.241 e. The minimum Gasteiger partial charge on any atom is -0.379 e. The highest BCUT2D eigenvalue weighted by atomic mass is 16.5. The molecule has 1 aliphatic carbocycles. The molecule has 0 spiro atoms. The van der Waals surface area contributed by atoms with E-state index in [4.69, 9.17) is 4.74 Å². The smallest absolute Gasteiger partial charge is 0.241 e. The van der Waals surface area contributed by atoms with Crippen molar-refractivity contribution in [3.63, 3.8) is 0 Å². The van der Waals surface area contributed by atoms with Crippen LogP contribution >= 0.6 is 0 Å². The molecule has 0 bridgehead atoms. The lowest BCUT2D eigenvalue weighted by Crippen LogP contribution is -2.64. The third-order valence-corrected chi connectivity index (χ3v) is 5.99. The summed E-state index contributed by atoms with van der Waals surface area (Å²) in [5.74, 6) is 0.188. The van der Waals surface area contributed by atoms with Gasteiger partial charge in [-0.2, -0.15) is 0 Å². The average Bonchev–Trinajstić information content (AvgIpc) is 3.08. The van der Waals surface area contributed by atoms with E-state index in [0.29, 0.717) is 13.2 Å². The quantitative estimate of drug-likeness (QED) is 0.709. The topological polar surface area (TPSA) is 44.8 Å². The number of carbonyl (C=O) groups is 1. The highest BCUT2D eigenvalue weighted by Crippen LogP contribution is 2.35. The van der Waals surface area contributed by atoms with Crippen LogP contribution < -0.4 is 5.32 Å². The number of nitrogens with one attached hydrogen (secondary N) is 1. The molecule has 2 aliphatic rings. The van der Waals surface area contributed by atoms with E-state index in [1.54, 1.807) is 0 Å². The van der Waals surface area contributed by atoms with Gasteiger partial charge in [-0.1, -0.05) is 31.2 Å². The normalized spacial score (nSPS) is 20.0. The van der Waals surface area contributed by atoms with Gasteiger partial charge >= 0.3 is 0 Å². The number of ether oxygens (including phenoxy) is 1. The molecule has 0 saturated carbocycles. The monoisotopic (exact) mass is 373 g/mol. The highest BCUT2D eigenvalue weighted by Gasteiger charge is 2.48. The fraction of sp³-hybridized carbons (Fsp3) is 0.682. The molecule has 1 aromatic carbocycles. The van der Waals surface area contributed by atoms with Crippen molar-refractivity contribution < 1.29 is 9.53 Å². The van der Waals surface area contributed by atoms with Gasteiger partial charge in [-0.15, -0.1) is 0 Å². The Morgan fingerprint density at radius 3 is 2.33 bits per heavy atom. The van der Waals surface area contributed by atoms with Crippen LogP contribution in [0.3, 0.4) is 0 Å². The first-order valence-electron chi connectivity index (χ1n) is 10.5. The fourth-order valence-corrected chi connectivity index (χ4v) is 4.37. The second-order valence-corrected chi connectivity index (χ2v) is 8.10. The van der Waals surface area contributed by atoms with E-state index in [0.717, 1.165) is 52.0 Å². The Kier molecular flexibility index (Phi) is 6.90. The van der Waals surface area contributed by atoms with Crippen LogP contribution in [0.25, 0.3) is 0 Å². The summed E-state index contributed by atoms with van der Waals surface area (Å²) in [6.45, 7) is 12.8. The molecule has 5 nitrogen and oxygen atoms in total. The van der Waals surface area contributed by atoms with Gasteiger partial charge in [0.05, 0.1) is 6.10 Å². The van der Waals surface area contributed by atoms with Gasteiger partial charge in [0.15, 0.2) is 0 Å². The van der Waals surface area contributed by atoms with Crippen LogP contribution in [0.2, 0.25) is 0 Å². The molecule has 150 valence electrons. The Morgan fingerprint density at radius 2 is 1.78 bits per heavy atom. The fourth-order valence-electron chi connectivity index (χ4n) is 4.37. The zero-order valence-electron chi connectivity index (χ0n) is 17.2. The largest absolute Gasteiger partial charge is 0.379 e. The van der Waals surface area contributed by atoms with E-state index in [2.05, 4.69) is 46.3 Å². The minimum absolute atomic E-state index is 0.188. The van der Waals surface area contributed by atoms with Crippen molar-refractivity contribution in [3.05, 3.63) is 35.4 Å². The number of piperazine rings is 1. The van der Waals surface area contributed by atoms with Gasteiger partial charge in [-0.3, -0.25) is 9.69 Å². The zero-order chi connectivity index (χ0) is 19.3. The minimum atomic E-state index is -0.428. The summed E-state index contributed by atoms with van der Waals surface area (Å²) < 4.78 is 5.60. The number of amides is 1. The Hall–Kier alpha value is -1.43. The van der Waals surface area contributed by atoms with Crippen molar-refractivity contribution in [2.24, 2.45) is 0 Å². The van der Waals surface area contributed by atoms with Crippen molar-refractivity contribution in [2.45, 2.75) is 51.7 Å². The van der Waals surface area contributed by atoms with Crippen LogP contribution in [0.15, 0.2) is 24.3 Å². The molecule has 0 unspecified atom stereocenters. The average molecular weight is 374 g/mol. The summed E-state index contributed by atoms with van der Waals surface area (Å²) in [6, 6.07) is 8.54. The molecule has 0 atom stereocenters. The molecule has 1 amide bonds. The van der Waals surface area contributed by atoms with Gasteiger partial charge in [0.2, 0.25) is 5.91 Å². The number of fused-ring (bicyclic) bond motifs is 1. The Balaban J connectivity index is 1.67. The lowest BCUT2D eigenvalue weighted by Gasteiger charge is -2.44. The standard InChI is InChI=1S/C22H35N3O2/c1-4-24-11-13-25(14-12-24)22(16-19-8-5-6-9-20(19)17-22)21(26)23-10-7-15-27-18(2)3/h5-6,8-9,18H,4,7,10-17H2,1-3H3,(H,23,26). The lowest BCUT2D eigenvalue weighted by atomic mass is 9.90. The van der Waals surface area contributed by atoms with E-state index in [1.165, 1.54) is 11.1 Å². The summed E-state index contributed by atoms with van der Waals surface area (Å²) in [6.07, 6.45) is 2.75. The number of likely N-dealkylation sites (N-methyl/N-ethyl adjacent to an activating group) is 1. The molecule has 0 aromatic heterocycles. The number of hydrogen-bond donors (Lipinski definition) is 1. The number of hydrogen-bond acceptors (Lipinski definition) is 4. The summed E-state index contributed by atoms with van der Waals surface area (Å²) >= 11 is 0. The summed E-state index contributed by atoms with van der Waals surface area (Å²) in [4.78, 5) is 18.3. The third kappa shape index (κ3) is 4.71. The lowest BCUT2D eigenvalue weighted by molar-refractivity contribution is -0.134. The first-order chi connectivity index (χ1) is 13.0. The number of carbonyl (C=O) groups excluding carboxylic acids is 1. The van der Waals surface area contributed by atoms with Crippen molar-refractivity contribution in [3.8, 4) is 0 Å². The molecular weight excluding hydrogens is 338 g/mol. The molecule has 0 radical (unpaired) electrons. The van der Waals surface area contributed by atoms with E-state index in [1.807, 2.05) is 13.8 Å². The van der Waals surface area contributed by atoms with Crippen molar-refractivity contribution in [1.29, 1.82) is 0 Å². The molecule has 3 rings (SSSR count). The van der Waals surface area contributed by atoms with Crippen molar-refractivity contribution in [2.75, 3.05) is 45.9 Å². The van der Waals surface area contributed by atoms with E-state index in [-0.39, 0.29) is 12.0 Å². The van der Waals surface area contributed by atoms with E-state index >= 15 is 0 Å². The number of rotatable bonds is 8. The predicted molar refractivity (Wildman–Crippen MR) is 109 cm³/mol. The third-order valence-electron chi connectivity index (χ3n) is 5.99. The molecule has 1 saturated heterocycles. The van der Waals surface area contributed by atoms with Gasteiger partial charge in [0, 0.05) is 52.2 Å². The maximum absolute atomic E-state index is 13.4.